The highest BCUT2D eigenvalue weighted by Gasteiger charge is 2.23. The molecule has 0 heterocycles. The molecule has 0 bridgehead atoms. The topological polar surface area (TPSA) is 58.6 Å². The van der Waals surface area contributed by atoms with Crippen LogP contribution in [0.5, 0.6) is 5.75 Å². The second-order valence-electron chi connectivity index (χ2n) is 5.48. The first kappa shape index (κ1) is 15.4. The lowest BCUT2D eigenvalue weighted by Crippen LogP contribution is -2.39. The first-order valence-electron chi connectivity index (χ1n) is 7.38. The highest BCUT2D eigenvalue weighted by Crippen LogP contribution is 2.23. The highest BCUT2D eigenvalue weighted by atomic mass is 16.6. The van der Waals surface area contributed by atoms with Gasteiger partial charge in [0.2, 0.25) is 5.91 Å². The fraction of sp³-hybridized carbons (Fsp3) is 0.500. The zero-order valence-corrected chi connectivity index (χ0v) is 12.6. The maximum absolute atomic E-state index is 12.1. The fourth-order valence-electron chi connectivity index (χ4n) is 2.60. The summed E-state index contributed by atoms with van der Waals surface area (Å²) < 4.78 is 5.36. The Hall–Kier alpha value is -2.04. The second-order valence-corrected chi connectivity index (χ2v) is 5.48. The standard InChI is InChI=1S/C16H22N2O3/c1-12(19)17-13-8-10-15(11-9-13)21-16(20)18(2)14-6-4-3-5-7-14/h8-11,14H,3-7H2,1-2H3,(H,17,19). The molecule has 1 aliphatic rings. The van der Waals surface area contributed by atoms with Crippen molar-refractivity contribution >= 4 is 17.7 Å². The normalized spacial score (nSPS) is 15.3. The molecule has 0 radical (unpaired) electrons. The van der Waals surface area contributed by atoms with E-state index in [1.165, 1.54) is 26.2 Å². The van der Waals surface area contributed by atoms with E-state index in [1.54, 1.807) is 36.2 Å². The molecule has 2 amide bonds. The minimum Gasteiger partial charge on any atom is -0.410 e. The third-order valence-electron chi connectivity index (χ3n) is 3.79. The Bertz CT molecular complexity index is 493. The lowest BCUT2D eigenvalue weighted by atomic mass is 9.95. The molecular weight excluding hydrogens is 268 g/mol. The van der Waals surface area contributed by atoms with Gasteiger partial charge >= 0.3 is 6.09 Å². The van der Waals surface area contributed by atoms with Crippen LogP contribution in [0.25, 0.3) is 0 Å². The number of nitrogens with one attached hydrogen (secondary N) is 1. The summed E-state index contributed by atoms with van der Waals surface area (Å²) in [6.07, 6.45) is 5.38. The van der Waals surface area contributed by atoms with Crippen molar-refractivity contribution < 1.29 is 14.3 Å². The summed E-state index contributed by atoms with van der Waals surface area (Å²) >= 11 is 0. The van der Waals surface area contributed by atoms with E-state index < -0.39 is 0 Å². The molecule has 114 valence electrons. The molecule has 1 saturated carbocycles. The average Bonchev–Trinajstić information content (AvgIpc) is 2.49. The smallest absolute Gasteiger partial charge is 0.410 e. The van der Waals surface area contributed by atoms with Crippen molar-refractivity contribution in [3.8, 4) is 5.75 Å². The van der Waals surface area contributed by atoms with E-state index in [1.807, 2.05) is 0 Å². The van der Waals surface area contributed by atoms with Gasteiger partial charge in [0.25, 0.3) is 0 Å². The lowest BCUT2D eigenvalue weighted by Gasteiger charge is -2.30. The molecule has 0 spiro atoms. The van der Waals surface area contributed by atoms with Crippen LogP contribution >= 0.6 is 0 Å². The second kappa shape index (κ2) is 7.11. The number of benzene rings is 1. The summed E-state index contributed by atoms with van der Waals surface area (Å²) in [4.78, 5) is 24.7. The van der Waals surface area contributed by atoms with Gasteiger partial charge < -0.3 is 15.0 Å². The van der Waals surface area contributed by atoms with Gasteiger partial charge in [-0.3, -0.25) is 4.79 Å². The third kappa shape index (κ3) is 4.48. The van der Waals surface area contributed by atoms with Crippen molar-refractivity contribution in [1.29, 1.82) is 0 Å². The van der Waals surface area contributed by atoms with Gasteiger partial charge in [0.05, 0.1) is 0 Å². The van der Waals surface area contributed by atoms with Gasteiger partial charge in [-0.2, -0.15) is 0 Å². The van der Waals surface area contributed by atoms with Crippen LogP contribution in [0.2, 0.25) is 0 Å². The van der Waals surface area contributed by atoms with Crippen molar-refractivity contribution in [3.63, 3.8) is 0 Å². The summed E-state index contributed by atoms with van der Waals surface area (Å²) in [6, 6.07) is 7.07. The lowest BCUT2D eigenvalue weighted by molar-refractivity contribution is -0.114. The van der Waals surface area contributed by atoms with Gasteiger partial charge in [0.1, 0.15) is 5.75 Å². The van der Waals surface area contributed by atoms with Crippen LogP contribution in [-0.2, 0) is 4.79 Å². The van der Waals surface area contributed by atoms with Crippen molar-refractivity contribution in [2.24, 2.45) is 0 Å². The molecule has 1 fully saturated rings. The molecular formula is C16H22N2O3. The van der Waals surface area contributed by atoms with E-state index >= 15 is 0 Å². The van der Waals surface area contributed by atoms with Crippen LogP contribution < -0.4 is 10.1 Å². The summed E-state index contributed by atoms with van der Waals surface area (Å²) in [5.41, 5.74) is 0.683. The van der Waals surface area contributed by atoms with Crippen molar-refractivity contribution in [1.82, 2.24) is 4.90 Å². The summed E-state index contributed by atoms with van der Waals surface area (Å²) in [6.45, 7) is 1.45. The van der Waals surface area contributed by atoms with Crippen LogP contribution in [0, 0.1) is 0 Å². The van der Waals surface area contributed by atoms with E-state index in [9.17, 15) is 9.59 Å². The predicted molar refractivity (Wildman–Crippen MR) is 81.4 cm³/mol. The molecule has 21 heavy (non-hydrogen) atoms. The Kier molecular flexibility index (Phi) is 5.20. The minimum atomic E-state index is -0.325. The molecule has 1 aromatic rings. The SMILES string of the molecule is CC(=O)Nc1ccc(OC(=O)N(C)C2CCCCC2)cc1. The van der Waals surface area contributed by atoms with Crippen LogP contribution in [0.15, 0.2) is 24.3 Å². The van der Waals surface area contributed by atoms with E-state index in [-0.39, 0.29) is 18.0 Å². The minimum absolute atomic E-state index is 0.128. The summed E-state index contributed by atoms with van der Waals surface area (Å²) in [5.74, 6) is 0.355. The number of carbonyl (C=O) groups is 2. The average molecular weight is 290 g/mol. The van der Waals surface area contributed by atoms with E-state index in [2.05, 4.69) is 5.32 Å². The maximum Gasteiger partial charge on any atom is 0.415 e. The number of rotatable bonds is 3. The Morgan fingerprint density at radius 1 is 1.14 bits per heavy atom. The molecule has 1 aliphatic carbocycles. The van der Waals surface area contributed by atoms with E-state index in [0.29, 0.717) is 11.4 Å². The number of hydrogen-bond acceptors (Lipinski definition) is 3. The number of nitrogens with zero attached hydrogens (tertiary/aromatic N) is 1. The van der Waals surface area contributed by atoms with Crippen molar-refractivity contribution in [2.75, 3.05) is 12.4 Å². The molecule has 0 saturated heterocycles. The first-order chi connectivity index (χ1) is 10.1. The fourth-order valence-corrected chi connectivity index (χ4v) is 2.60. The number of ether oxygens (including phenoxy) is 1. The molecule has 1 N–H and O–H groups in total. The molecule has 0 aliphatic heterocycles. The van der Waals surface area contributed by atoms with E-state index in [4.69, 9.17) is 4.74 Å². The number of amides is 2. The quantitative estimate of drug-likeness (QED) is 0.928. The zero-order chi connectivity index (χ0) is 15.2. The molecule has 0 unspecified atom stereocenters. The van der Waals surface area contributed by atoms with Gasteiger partial charge in [-0.05, 0) is 37.1 Å². The van der Waals surface area contributed by atoms with Gasteiger partial charge in [-0.25, -0.2) is 4.79 Å². The highest BCUT2D eigenvalue weighted by molar-refractivity contribution is 5.88. The summed E-state index contributed by atoms with van der Waals surface area (Å²) in [7, 11) is 1.80. The summed E-state index contributed by atoms with van der Waals surface area (Å²) in [5, 5.41) is 2.67. The Labute approximate surface area is 125 Å². The largest absolute Gasteiger partial charge is 0.415 e. The monoisotopic (exact) mass is 290 g/mol. The number of hydrogen-bond donors (Lipinski definition) is 1. The molecule has 5 nitrogen and oxygen atoms in total. The van der Waals surface area contributed by atoms with Gasteiger partial charge in [0, 0.05) is 25.7 Å². The van der Waals surface area contributed by atoms with Crippen LogP contribution in [-0.4, -0.2) is 30.0 Å². The number of carbonyl (C=O) groups excluding carboxylic acids is 2. The zero-order valence-electron chi connectivity index (χ0n) is 12.6. The van der Waals surface area contributed by atoms with E-state index in [0.717, 1.165) is 12.8 Å². The molecule has 2 rings (SSSR count). The van der Waals surface area contributed by atoms with Crippen LogP contribution in [0.1, 0.15) is 39.0 Å². The predicted octanol–water partition coefficient (Wildman–Crippen LogP) is 3.41. The van der Waals surface area contributed by atoms with Crippen molar-refractivity contribution in [3.05, 3.63) is 24.3 Å². The number of anilines is 1. The van der Waals surface area contributed by atoms with Gasteiger partial charge in [-0.1, -0.05) is 19.3 Å². The molecule has 5 heteroatoms. The van der Waals surface area contributed by atoms with Crippen molar-refractivity contribution in [2.45, 2.75) is 45.1 Å². The first-order valence-corrected chi connectivity index (χ1v) is 7.38. The molecule has 0 atom stereocenters. The van der Waals surface area contributed by atoms with Gasteiger partial charge in [0.15, 0.2) is 0 Å². The van der Waals surface area contributed by atoms with Crippen LogP contribution in [0.4, 0.5) is 10.5 Å². The Balaban J connectivity index is 1.90. The molecule has 0 aromatic heterocycles. The van der Waals surface area contributed by atoms with Gasteiger partial charge in [-0.15, -0.1) is 0 Å². The van der Waals surface area contributed by atoms with Crippen LogP contribution in [0.3, 0.4) is 0 Å². The third-order valence-corrected chi connectivity index (χ3v) is 3.79. The Morgan fingerprint density at radius 2 is 1.76 bits per heavy atom. The molecule has 1 aromatic carbocycles. The maximum atomic E-state index is 12.1. The Morgan fingerprint density at radius 3 is 2.33 bits per heavy atom.